The van der Waals surface area contributed by atoms with E-state index >= 15 is 8.63 Å². The number of halogens is 2. The molecule has 0 saturated carbocycles. The number of rotatable bonds is 4. The summed E-state index contributed by atoms with van der Waals surface area (Å²) in [5.74, 6) is -0.301. The summed E-state index contributed by atoms with van der Waals surface area (Å²) in [5, 5.41) is 25.6. The van der Waals surface area contributed by atoms with Crippen molar-refractivity contribution in [1.82, 2.24) is 4.48 Å². The highest BCUT2D eigenvalue weighted by molar-refractivity contribution is 7.14. The van der Waals surface area contributed by atoms with Crippen LogP contribution in [-0.4, -0.2) is 37.7 Å². The van der Waals surface area contributed by atoms with Crippen LogP contribution in [0.2, 0.25) is 0 Å². The number of benzene rings is 1. The normalized spacial score (nSPS) is 15.9. The van der Waals surface area contributed by atoms with E-state index in [0.29, 0.717) is 33.0 Å². The average molecular weight is 547 g/mol. The van der Waals surface area contributed by atoms with Gasteiger partial charge in [-0.1, -0.05) is 24.3 Å². The fourth-order valence-corrected chi connectivity index (χ4v) is 7.06. The molecule has 0 atom stereocenters. The fourth-order valence-electron chi connectivity index (χ4n) is 4.85. The molecule has 0 unspecified atom stereocenters. The number of phenolic OH excluding ortho intramolecular Hbond substituents is 2. The molecule has 11 heteroatoms. The van der Waals surface area contributed by atoms with Crippen molar-refractivity contribution < 1.29 is 23.3 Å². The molecule has 6 heterocycles. The van der Waals surface area contributed by atoms with Gasteiger partial charge in [0.25, 0.3) is 5.84 Å². The van der Waals surface area contributed by atoms with E-state index in [1.54, 1.807) is 24.3 Å². The lowest BCUT2D eigenvalue weighted by molar-refractivity contribution is -0.291. The maximum atomic E-state index is 16.9. The van der Waals surface area contributed by atoms with Gasteiger partial charge in [0.1, 0.15) is 5.71 Å². The Hall–Kier alpha value is -3.80. The lowest BCUT2D eigenvalue weighted by Gasteiger charge is -2.31. The highest BCUT2D eigenvalue weighted by Crippen LogP contribution is 2.47. The minimum atomic E-state index is -4.36. The first-order valence-corrected chi connectivity index (χ1v) is 14.0. The third-order valence-corrected chi connectivity index (χ3v) is 9.16. The molecule has 0 spiro atoms. The first-order valence-electron chi connectivity index (χ1n) is 11.3. The molecule has 0 amide bonds. The number of thiophene rings is 3. The SMILES string of the molecule is Oc1ccc(C2=CC(c3cccs3)=[N+]3C2=Nc2c(-c4cccs4)cc(-c4cccs4)n2[B-]3(F)F)cc1O. The third kappa shape index (κ3) is 3.31. The quantitative estimate of drug-likeness (QED) is 0.184. The van der Waals surface area contributed by atoms with Gasteiger partial charge in [-0.2, -0.15) is 0 Å². The van der Waals surface area contributed by atoms with E-state index in [0.717, 1.165) is 18.7 Å². The first-order chi connectivity index (χ1) is 17.9. The number of aliphatic imine (C=N–C) groups is 1. The van der Waals surface area contributed by atoms with E-state index in [4.69, 9.17) is 4.99 Å². The van der Waals surface area contributed by atoms with Crippen molar-refractivity contribution in [2.45, 2.75) is 0 Å². The Morgan fingerprint density at radius 3 is 2.14 bits per heavy atom. The highest BCUT2D eigenvalue weighted by atomic mass is 32.1. The Labute approximate surface area is 221 Å². The minimum absolute atomic E-state index is 0.111. The predicted molar refractivity (Wildman–Crippen MR) is 148 cm³/mol. The van der Waals surface area contributed by atoms with Crippen LogP contribution in [0, 0.1) is 0 Å². The van der Waals surface area contributed by atoms with E-state index in [9.17, 15) is 10.2 Å². The summed E-state index contributed by atoms with van der Waals surface area (Å²) < 4.78 is 35.9. The summed E-state index contributed by atoms with van der Waals surface area (Å²) >= 11 is 4.25. The Morgan fingerprint density at radius 1 is 0.811 bits per heavy atom. The van der Waals surface area contributed by atoms with Crippen LogP contribution < -0.4 is 0 Å². The summed E-state index contributed by atoms with van der Waals surface area (Å²) in [4.78, 5) is 7.15. The molecule has 0 radical (unpaired) electrons. The number of hydrogen-bond acceptors (Lipinski definition) is 6. The lowest BCUT2D eigenvalue weighted by Crippen LogP contribution is -2.53. The van der Waals surface area contributed by atoms with Crippen molar-refractivity contribution in [1.29, 1.82) is 0 Å². The second kappa shape index (κ2) is 8.10. The molecule has 2 aliphatic heterocycles. The molecule has 0 fully saturated rings. The largest absolute Gasteiger partial charge is 0.642 e. The predicted octanol–water partition coefficient (Wildman–Crippen LogP) is 7.28. The standard InChI is InChI=1S/C26H16BF2N3O2S3/c28-27(29)31-18(23-5-2-10-36-23)13-16(15-7-8-20(33)21(34)12-15)25(31)30-26-17(22-4-1-9-35-22)14-19(32(26)27)24-6-3-11-37-24/h1-14,33-34H. The van der Waals surface area contributed by atoms with Crippen LogP contribution >= 0.6 is 34.0 Å². The Kier molecular flexibility index (Phi) is 4.91. The molecule has 4 aromatic heterocycles. The topological polar surface area (TPSA) is 60.8 Å². The van der Waals surface area contributed by atoms with Gasteiger partial charge in [-0.25, -0.2) is 0 Å². The monoisotopic (exact) mass is 547 g/mol. The van der Waals surface area contributed by atoms with E-state index in [2.05, 4.69) is 0 Å². The van der Waals surface area contributed by atoms with Gasteiger partial charge in [0.2, 0.25) is 5.82 Å². The van der Waals surface area contributed by atoms with Crippen LogP contribution in [0.3, 0.4) is 0 Å². The average Bonchev–Trinajstić information content (AvgIpc) is 3.70. The maximum Gasteiger partial charge on any atom is 0.642 e. The molecule has 5 nitrogen and oxygen atoms in total. The van der Waals surface area contributed by atoms with E-state index in [1.807, 2.05) is 46.5 Å². The van der Waals surface area contributed by atoms with Gasteiger partial charge in [-0.3, -0.25) is 0 Å². The Balaban J connectivity index is 1.55. The molecule has 2 N–H and O–H groups in total. The zero-order chi connectivity index (χ0) is 25.3. The molecule has 182 valence electrons. The smallest absolute Gasteiger partial charge is 0.504 e. The molecule has 5 aromatic rings. The lowest BCUT2D eigenvalue weighted by atomic mass is 9.91. The second-order valence-electron chi connectivity index (χ2n) is 8.61. The van der Waals surface area contributed by atoms with E-state index < -0.39 is 6.97 Å². The van der Waals surface area contributed by atoms with Crippen LogP contribution in [0.5, 0.6) is 11.5 Å². The van der Waals surface area contributed by atoms with Crippen LogP contribution in [-0.2, 0) is 0 Å². The minimum Gasteiger partial charge on any atom is -0.504 e. The van der Waals surface area contributed by atoms with E-state index in [1.165, 1.54) is 46.1 Å². The van der Waals surface area contributed by atoms with Gasteiger partial charge >= 0.3 is 6.97 Å². The number of fused-ring (bicyclic) bond motifs is 2. The number of hydrogen-bond donors (Lipinski definition) is 2. The number of aromatic nitrogens is 1. The Morgan fingerprint density at radius 2 is 1.49 bits per heavy atom. The molecular weight excluding hydrogens is 531 g/mol. The first kappa shape index (κ1) is 22.4. The second-order valence-corrected chi connectivity index (χ2v) is 11.5. The van der Waals surface area contributed by atoms with Crippen LogP contribution in [0.1, 0.15) is 10.4 Å². The molecule has 37 heavy (non-hydrogen) atoms. The number of nitrogens with zero attached hydrogens (tertiary/aromatic N) is 3. The molecule has 0 saturated heterocycles. The van der Waals surface area contributed by atoms with Gasteiger partial charge in [-0.05, 0) is 69.2 Å². The molecular formula is C26H16BF2N3O2S3. The number of aromatic hydroxyl groups is 2. The van der Waals surface area contributed by atoms with E-state index in [-0.39, 0.29) is 23.2 Å². The third-order valence-electron chi connectivity index (χ3n) is 6.47. The molecule has 0 aliphatic carbocycles. The zero-order valence-corrected chi connectivity index (χ0v) is 21.3. The van der Waals surface area contributed by atoms with Crippen LogP contribution in [0.15, 0.2) is 87.9 Å². The summed E-state index contributed by atoms with van der Waals surface area (Å²) in [7, 11) is 0. The molecule has 2 aliphatic rings. The highest BCUT2D eigenvalue weighted by Gasteiger charge is 2.53. The Bertz CT molecular complexity index is 1770. The summed E-state index contributed by atoms with van der Waals surface area (Å²) in [6, 6.07) is 17.2. The van der Waals surface area contributed by atoms with Crippen molar-refractivity contribution in [3.05, 3.63) is 93.3 Å². The van der Waals surface area contributed by atoms with Gasteiger partial charge in [0.05, 0.1) is 16.0 Å². The summed E-state index contributed by atoms with van der Waals surface area (Å²) in [6.45, 7) is -4.36. The van der Waals surface area contributed by atoms with Crippen molar-refractivity contribution in [2.75, 3.05) is 0 Å². The van der Waals surface area contributed by atoms with Crippen molar-refractivity contribution in [2.24, 2.45) is 4.99 Å². The molecule has 7 rings (SSSR count). The number of phenols is 2. The number of allylic oxidation sites excluding steroid dienone is 1. The van der Waals surface area contributed by atoms with Gasteiger partial charge < -0.3 is 27.8 Å². The van der Waals surface area contributed by atoms with Gasteiger partial charge in [0.15, 0.2) is 11.5 Å². The summed E-state index contributed by atoms with van der Waals surface area (Å²) in [5.41, 5.74) is 2.33. The molecule has 1 aromatic carbocycles. The van der Waals surface area contributed by atoms with Gasteiger partial charge in [-0.15, -0.1) is 34.0 Å². The van der Waals surface area contributed by atoms with Crippen molar-refractivity contribution in [3.8, 4) is 32.5 Å². The summed E-state index contributed by atoms with van der Waals surface area (Å²) in [6.07, 6.45) is 1.69. The van der Waals surface area contributed by atoms with Gasteiger partial charge in [0, 0.05) is 15.4 Å². The fraction of sp³-hybridized carbons (Fsp3) is 0. The van der Waals surface area contributed by atoms with Crippen molar-refractivity contribution in [3.63, 3.8) is 0 Å². The number of amidine groups is 1. The van der Waals surface area contributed by atoms with Crippen LogP contribution in [0.25, 0.3) is 26.6 Å². The zero-order valence-electron chi connectivity index (χ0n) is 18.9. The van der Waals surface area contributed by atoms with Crippen LogP contribution in [0.4, 0.5) is 14.4 Å². The maximum absolute atomic E-state index is 16.9. The van der Waals surface area contributed by atoms with Crippen molar-refractivity contribution >= 4 is 63.9 Å². The molecule has 0 bridgehead atoms.